The Bertz CT molecular complexity index is 1090. The maximum absolute atomic E-state index is 15.2. The summed E-state index contributed by atoms with van der Waals surface area (Å²) in [7, 11) is 0. The molecule has 1 aliphatic rings. The number of fused-ring (bicyclic) bond motifs is 1. The minimum absolute atomic E-state index is 0.142. The van der Waals surface area contributed by atoms with Crippen molar-refractivity contribution in [3.63, 3.8) is 0 Å². The first kappa shape index (κ1) is 25.1. The summed E-state index contributed by atoms with van der Waals surface area (Å²) in [6, 6.07) is 11.4. The van der Waals surface area contributed by atoms with E-state index >= 15 is 4.39 Å². The van der Waals surface area contributed by atoms with Crippen LogP contribution in [0.3, 0.4) is 0 Å². The van der Waals surface area contributed by atoms with E-state index in [9.17, 15) is 8.78 Å². The molecular weight excluding hydrogens is 453 g/mol. The molecule has 3 aromatic rings. The van der Waals surface area contributed by atoms with Crippen LogP contribution >= 0.6 is 11.6 Å². The zero-order valence-electron chi connectivity index (χ0n) is 20.0. The van der Waals surface area contributed by atoms with Gasteiger partial charge in [0.15, 0.2) is 0 Å². The van der Waals surface area contributed by atoms with Crippen LogP contribution < -0.4 is 0 Å². The Hall–Kier alpha value is -2.00. The van der Waals surface area contributed by atoms with Gasteiger partial charge < -0.3 is 0 Å². The van der Waals surface area contributed by atoms with Crippen LogP contribution in [0.2, 0.25) is 5.02 Å². The summed E-state index contributed by atoms with van der Waals surface area (Å²) >= 11 is 5.57. The highest BCUT2D eigenvalue weighted by atomic mass is 35.5. The summed E-state index contributed by atoms with van der Waals surface area (Å²) in [6.07, 6.45) is 14.4. The highest BCUT2D eigenvalue weighted by molar-refractivity contribution is 6.31. The fourth-order valence-electron chi connectivity index (χ4n) is 5.47. The lowest BCUT2D eigenvalue weighted by molar-refractivity contribution is 0.249. The van der Waals surface area contributed by atoms with Crippen LogP contribution in [0.4, 0.5) is 13.2 Å². The number of hydrogen-bond acceptors (Lipinski definition) is 0. The van der Waals surface area contributed by atoms with Crippen molar-refractivity contribution in [1.82, 2.24) is 0 Å². The summed E-state index contributed by atoms with van der Waals surface area (Å²) in [5.41, 5.74) is 1.52. The van der Waals surface area contributed by atoms with Gasteiger partial charge in [0, 0.05) is 10.9 Å². The third kappa shape index (κ3) is 5.97. The summed E-state index contributed by atoms with van der Waals surface area (Å²) < 4.78 is 43.0. The van der Waals surface area contributed by atoms with Crippen molar-refractivity contribution >= 4 is 22.4 Å². The van der Waals surface area contributed by atoms with Crippen LogP contribution in [-0.4, -0.2) is 0 Å². The molecule has 0 nitrogen and oxygen atoms in total. The van der Waals surface area contributed by atoms with Crippen molar-refractivity contribution in [3.8, 4) is 11.1 Å². The van der Waals surface area contributed by atoms with Gasteiger partial charge in [-0.2, -0.15) is 0 Å². The number of halogens is 4. The summed E-state index contributed by atoms with van der Waals surface area (Å²) in [5, 5.41) is 0.695. The molecule has 0 heterocycles. The predicted molar refractivity (Wildman–Crippen MR) is 137 cm³/mol. The van der Waals surface area contributed by atoms with E-state index in [0.717, 1.165) is 35.8 Å². The van der Waals surface area contributed by atoms with Gasteiger partial charge in [0.25, 0.3) is 0 Å². The monoisotopic (exact) mass is 486 g/mol. The van der Waals surface area contributed by atoms with E-state index in [1.54, 1.807) is 12.1 Å². The molecule has 0 atom stereocenters. The normalized spacial score (nSPS) is 18.5. The van der Waals surface area contributed by atoms with E-state index in [2.05, 4.69) is 6.92 Å². The number of unbranched alkanes of at least 4 members (excludes halogenated alkanes) is 3. The number of hydrogen-bond donors (Lipinski definition) is 0. The zero-order chi connectivity index (χ0) is 24.1. The van der Waals surface area contributed by atoms with Crippen LogP contribution in [-0.2, 0) is 6.42 Å². The maximum Gasteiger partial charge on any atom is 0.145 e. The van der Waals surface area contributed by atoms with Crippen molar-refractivity contribution < 1.29 is 13.2 Å². The second-order valence-electron chi connectivity index (χ2n) is 10.0. The minimum atomic E-state index is -0.892. The van der Waals surface area contributed by atoms with Crippen molar-refractivity contribution in [2.24, 2.45) is 11.8 Å². The van der Waals surface area contributed by atoms with Gasteiger partial charge in [-0.3, -0.25) is 0 Å². The lowest BCUT2D eigenvalue weighted by atomic mass is 9.77. The molecule has 0 aliphatic heterocycles. The quantitative estimate of drug-likeness (QED) is 0.208. The van der Waals surface area contributed by atoms with Crippen molar-refractivity contribution in [2.75, 3.05) is 0 Å². The number of rotatable bonds is 9. The molecule has 1 fully saturated rings. The Morgan fingerprint density at radius 3 is 2.15 bits per heavy atom. The van der Waals surface area contributed by atoms with E-state index in [1.165, 1.54) is 69.8 Å². The first-order chi connectivity index (χ1) is 16.5. The van der Waals surface area contributed by atoms with Gasteiger partial charge in [-0.1, -0.05) is 107 Å². The molecule has 0 bridgehead atoms. The Balaban J connectivity index is 1.37. The lowest BCUT2D eigenvalue weighted by Crippen LogP contribution is -2.15. The smallest absolute Gasteiger partial charge is 0.145 e. The summed E-state index contributed by atoms with van der Waals surface area (Å²) in [5.74, 6) is -0.540. The average Bonchev–Trinajstić information content (AvgIpc) is 2.84. The van der Waals surface area contributed by atoms with E-state index in [-0.39, 0.29) is 11.1 Å². The van der Waals surface area contributed by atoms with Crippen molar-refractivity contribution in [1.29, 1.82) is 0 Å². The zero-order valence-corrected chi connectivity index (χ0v) is 20.7. The van der Waals surface area contributed by atoms with Gasteiger partial charge in [-0.25, -0.2) is 13.2 Å². The van der Waals surface area contributed by atoms with Crippen molar-refractivity contribution in [2.45, 2.75) is 77.6 Å². The molecule has 0 saturated heterocycles. The lowest BCUT2D eigenvalue weighted by Gasteiger charge is -2.28. The Morgan fingerprint density at radius 1 is 0.794 bits per heavy atom. The fraction of sp³-hybridized carbons (Fsp3) is 0.467. The molecule has 0 N–H and O–H groups in total. The first-order valence-electron chi connectivity index (χ1n) is 12.8. The topological polar surface area (TPSA) is 0 Å². The molecule has 1 aliphatic carbocycles. The second-order valence-corrected chi connectivity index (χ2v) is 10.4. The molecule has 0 amide bonds. The molecule has 182 valence electrons. The van der Waals surface area contributed by atoms with Crippen LogP contribution in [0.1, 0.15) is 76.7 Å². The van der Waals surface area contributed by atoms with E-state index < -0.39 is 22.5 Å². The predicted octanol–water partition coefficient (Wildman–Crippen LogP) is 10.3. The molecule has 3 aromatic carbocycles. The molecule has 0 aromatic heterocycles. The largest absolute Gasteiger partial charge is 0.206 e. The fourth-order valence-corrected chi connectivity index (χ4v) is 5.58. The third-order valence-electron chi connectivity index (χ3n) is 7.59. The van der Waals surface area contributed by atoms with Gasteiger partial charge in [0.1, 0.15) is 22.5 Å². The Morgan fingerprint density at radius 2 is 1.47 bits per heavy atom. The average molecular weight is 487 g/mol. The van der Waals surface area contributed by atoms with E-state index in [4.69, 9.17) is 11.6 Å². The SMILES string of the molecule is CCCCCCC1CCC(CCc2ccc3c(F)c(-c4cc(F)c(Cl)c(F)c4)ccc3c2)CC1. The highest BCUT2D eigenvalue weighted by Crippen LogP contribution is 2.35. The third-order valence-corrected chi connectivity index (χ3v) is 7.95. The molecule has 34 heavy (non-hydrogen) atoms. The van der Waals surface area contributed by atoms with Crippen LogP contribution in [0.15, 0.2) is 42.5 Å². The van der Waals surface area contributed by atoms with Gasteiger partial charge >= 0.3 is 0 Å². The Labute approximate surface area is 206 Å². The van der Waals surface area contributed by atoms with Crippen LogP contribution in [0.25, 0.3) is 21.9 Å². The molecule has 4 rings (SSSR count). The van der Waals surface area contributed by atoms with Gasteiger partial charge in [-0.15, -0.1) is 0 Å². The molecular formula is C30H34ClF3. The highest BCUT2D eigenvalue weighted by Gasteiger charge is 2.21. The maximum atomic E-state index is 15.2. The van der Waals surface area contributed by atoms with Gasteiger partial charge in [-0.05, 0) is 53.3 Å². The second kappa shape index (κ2) is 11.6. The molecule has 0 spiro atoms. The minimum Gasteiger partial charge on any atom is -0.206 e. The molecule has 4 heteroatoms. The summed E-state index contributed by atoms with van der Waals surface area (Å²) in [4.78, 5) is 0. The van der Waals surface area contributed by atoms with Gasteiger partial charge in [0.2, 0.25) is 0 Å². The standard InChI is InChI=1S/C30H34ClF3/c1-2-3-4-5-6-20-7-9-21(10-8-20)11-12-22-13-15-25-23(17-22)14-16-26(30(25)34)24-18-27(32)29(31)28(33)19-24/h13-21H,2-12H2,1H3. The number of benzene rings is 3. The Kier molecular flexibility index (Phi) is 8.58. The first-order valence-corrected chi connectivity index (χ1v) is 13.2. The summed E-state index contributed by atoms with van der Waals surface area (Å²) in [6.45, 7) is 2.26. The molecule has 0 radical (unpaired) electrons. The number of aryl methyl sites for hydroxylation is 1. The van der Waals surface area contributed by atoms with Crippen molar-refractivity contribution in [3.05, 3.63) is 70.5 Å². The van der Waals surface area contributed by atoms with E-state index in [1.807, 2.05) is 18.2 Å². The van der Waals surface area contributed by atoms with Crippen LogP contribution in [0.5, 0.6) is 0 Å². The molecule has 1 saturated carbocycles. The van der Waals surface area contributed by atoms with Crippen LogP contribution in [0, 0.1) is 29.3 Å². The molecule has 0 unspecified atom stereocenters. The van der Waals surface area contributed by atoms with Gasteiger partial charge in [0.05, 0.1) is 0 Å². The van der Waals surface area contributed by atoms with E-state index in [0.29, 0.717) is 5.39 Å².